The summed E-state index contributed by atoms with van der Waals surface area (Å²) in [5.41, 5.74) is 11.2. The van der Waals surface area contributed by atoms with Crippen LogP contribution < -0.4 is 32.7 Å². The van der Waals surface area contributed by atoms with E-state index in [1.165, 1.54) is 24.3 Å². The number of phenolic OH excluding ortho intramolecular Hbond substituents is 1. The molecule has 0 aliphatic carbocycles. The van der Waals surface area contributed by atoms with Gasteiger partial charge < -0.3 is 32.5 Å². The van der Waals surface area contributed by atoms with Crippen molar-refractivity contribution in [3.05, 3.63) is 35.1 Å². The lowest BCUT2D eigenvalue weighted by Gasteiger charge is -2.11. The molecule has 0 aliphatic rings. The van der Waals surface area contributed by atoms with Crippen LogP contribution in [-0.4, -0.2) is 46.1 Å². The molecule has 0 atom stereocenters. The van der Waals surface area contributed by atoms with E-state index in [9.17, 15) is 14.7 Å². The van der Waals surface area contributed by atoms with Gasteiger partial charge in [-0.3, -0.25) is 15.5 Å². The quantitative estimate of drug-likeness (QED) is 0.147. The van der Waals surface area contributed by atoms with E-state index in [1.54, 1.807) is 0 Å². The van der Waals surface area contributed by atoms with Crippen LogP contribution in [0.4, 0.5) is 22.1 Å². The SMILES string of the molecule is N=C(NCCNC(=O)Nc1ccc(O)cc1)NC(=O)c1nc(Cl)c(N)nc1N. The van der Waals surface area contributed by atoms with Crippen molar-refractivity contribution in [1.82, 2.24) is 25.9 Å². The van der Waals surface area contributed by atoms with Crippen molar-refractivity contribution < 1.29 is 14.7 Å². The van der Waals surface area contributed by atoms with Crippen LogP contribution in [-0.2, 0) is 0 Å². The van der Waals surface area contributed by atoms with Crippen molar-refractivity contribution in [3.63, 3.8) is 0 Å². The normalized spacial score (nSPS) is 10.0. The second-order valence-corrected chi connectivity index (χ2v) is 5.68. The number of carbonyl (C=O) groups is 2. The Balaban J connectivity index is 1.72. The average molecular weight is 408 g/mol. The van der Waals surface area contributed by atoms with Gasteiger partial charge >= 0.3 is 6.03 Å². The summed E-state index contributed by atoms with van der Waals surface area (Å²) in [6.45, 7) is 0.323. The summed E-state index contributed by atoms with van der Waals surface area (Å²) >= 11 is 5.70. The minimum atomic E-state index is -0.789. The molecule has 148 valence electrons. The number of nitrogens with two attached hydrogens (primary N) is 2. The molecule has 2 rings (SSSR count). The second kappa shape index (κ2) is 9.23. The number of rotatable bonds is 5. The summed E-state index contributed by atoms with van der Waals surface area (Å²) in [6.07, 6.45) is 0. The van der Waals surface area contributed by atoms with Crippen LogP contribution in [0.25, 0.3) is 0 Å². The molecule has 2 aromatic rings. The van der Waals surface area contributed by atoms with Crippen molar-refractivity contribution >= 4 is 46.8 Å². The summed E-state index contributed by atoms with van der Waals surface area (Å²) in [5, 5.41) is 26.6. The monoisotopic (exact) mass is 407 g/mol. The Labute approximate surface area is 164 Å². The zero-order chi connectivity index (χ0) is 20.7. The minimum Gasteiger partial charge on any atom is -0.508 e. The Morgan fingerprint density at radius 3 is 2.39 bits per heavy atom. The van der Waals surface area contributed by atoms with E-state index in [-0.39, 0.29) is 47.3 Å². The molecule has 1 aromatic carbocycles. The van der Waals surface area contributed by atoms with Gasteiger partial charge in [-0.15, -0.1) is 0 Å². The fourth-order valence-electron chi connectivity index (χ4n) is 1.91. The Kier molecular flexibility index (Phi) is 6.76. The molecule has 0 saturated carbocycles. The lowest BCUT2D eigenvalue weighted by Crippen LogP contribution is -2.44. The van der Waals surface area contributed by atoms with Crippen LogP contribution >= 0.6 is 11.6 Å². The third kappa shape index (κ3) is 5.88. The summed E-state index contributed by atoms with van der Waals surface area (Å²) < 4.78 is 0. The van der Waals surface area contributed by atoms with Crippen LogP contribution in [0.1, 0.15) is 10.5 Å². The van der Waals surface area contributed by atoms with Crippen LogP contribution in [0.15, 0.2) is 24.3 Å². The van der Waals surface area contributed by atoms with Crippen molar-refractivity contribution in [3.8, 4) is 5.75 Å². The second-order valence-electron chi connectivity index (χ2n) is 5.32. The number of nitrogen functional groups attached to an aromatic ring is 2. The van der Waals surface area contributed by atoms with Gasteiger partial charge in [0, 0.05) is 18.8 Å². The number of halogens is 1. The number of aromatic nitrogens is 2. The zero-order valence-electron chi connectivity index (χ0n) is 14.4. The number of amides is 3. The maximum Gasteiger partial charge on any atom is 0.319 e. The standard InChI is InChI=1S/C15H18ClN9O3/c16-10-12(18)24-11(17)9(23-10)13(27)25-14(19)20-5-6-21-15(28)22-7-1-3-8(26)4-2-7/h1-4,26H,5-6H2,(H4,17,18,24)(H2,21,22,28)(H3,19,20,25,27). The summed E-state index contributed by atoms with van der Waals surface area (Å²) in [7, 11) is 0. The van der Waals surface area contributed by atoms with E-state index >= 15 is 0 Å². The average Bonchev–Trinajstić information content (AvgIpc) is 2.63. The molecule has 3 amide bonds. The van der Waals surface area contributed by atoms with Crippen molar-refractivity contribution in [2.75, 3.05) is 29.9 Å². The number of urea groups is 1. The highest BCUT2D eigenvalue weighted by Gasteiger charge is 2.17. The minimum absolute atomic E-state index is 0.0877. The molecule has 10 N–H and O–H groups in total. The number of nitrogens with zero attached hydrogens (tertiary/aromatic N) is 2. The molecule has 28 heavy (non-hydrogen) atoms. The van der Waals surface area contributed by atoms with Crippen molar-refractivity contribution in [1.29, 1.82) is 5.41 Å². The van der Waals surface area contributed by atoms with E-state index < -0.39 is 11.9 Å². The molecular formula is C15H18ClN9O3. The Bertz CT molecular complexity index is 889. The number of carbonyl (C=O) groups excluding carboxylic acids is 2. The van der Waals surface area contributed by atoms with Gasteiger partial charge in [-0.05, 0) is 24.3 Å². The third-order valence-corrected chi connectivity index (χ3v) is 3.47. The molecule has 0 unspecified atom stereocenters. The predicted molar refractivity (Wildman–Crippen MR) is 104 cm³/mol. The number of benzene rings is 1. The Morgan fingerprint density at radius 2 is 1.71 bits per heavy atom. The number of nitrogens with one attached hydrogen (secondary N) is 5. The molecule has 1 heterocycles. The largest absolute Gasteiger partial charge is 0.508 e. The lowest BCUT2D eigenvalue weighted by molar-refractivity contribution is 0.0971. The number of anilines is 3. The fraction of sp³-hybridized carbons (Fsp3) is 0.133. The highest BCUT2D eigenvalue weighted by Crippen LogP contribution is 2.17. The van der Waals surface area contributed by atoms with E-state index in [0.717, 1.165) is 0 Å². The third-order valence-electron chi connectivity index (χ3n) is 3.20. The predicted octanol–water partition coefficient (Wildman–Crippen LogP) is 0.0759. The van der Waals surface area contributed by atoms with Gasteiger partial charge in [0.05, 0.1) is 0 Å². The van der Waals surface area contributed by atoms with E-state index in [4.69, 9.17) is 28.5 Å². The van der Waals surface area contributed by atoms with Crippen LogP contribution in [0.3, 0.4) is 0 Å². The van der Waals surface area contributed by atoms with Gasteiger partial charge in [-0.25, -0.2) is 14.8 Å². The van der Waals surface area contributed by atoms with Crippen LogP contribution in [0, 0.1) is 5.41 Å². The van der Waals surface area contributed by atoms with Gasteiger partial charge in [0.1, 0.15) is 5.75 Å². The molecule has 1 aromatic heterocycles. The number of aromatic hydroxyl groups is 1. The fourth-order valence-corrected chi connectivity index (χ4v) is 2.04. The molecule has 0 saturated heterocycles. The smallest absolute Gasteiger partial charge is 0.319 e. The number of guanidine groups is 1. The topological polar surface area (TPSA) is 204 Å². The highest BCUT2D eigenvalue weighted by molar-refractivity contribution is 6.31. The van der Waals surface area contributed by atoms with Crippen LogP contribution in [0.2, 0.25) is 5.15 Å². The first kappa shape index (κ1) is 20.5. The summed E-state index contributed by atoms with van der Waals surface area (Å²) in [6, 6.07) is 5.48. The van der Waals surface area contributed by atoms with E-state index in [0.29, 0.717) is 5.69 Å². The van der Waals surface area contributed by atoms with Crippen molar-refractivity contribution in [2.45, 2.75) is 0 Å². The van der Waals surface area contributed by atoms with Gasteiger partial charge in [-0.2, -0.15) is 0 Å². The number of phenols is 1. The number of hydrogen-bond acceptors (Lipinski definition) is 8. The van der Waals surface area contributed by atoms with Crippen LogP contribution in [0.5, 0.6) is 5.75 Å². The molecule has 13 heteroatoms. The first-order valence-corrected chi connectivity index (χ1v) is 8.20. The van der Waals surface area contributed by atoms with Gasteiger partial charge in [0.15, 0.2) is 28.4 Å². The van der Waals surface area contributed by atoms with E-state index in [1.807, 2.05) is 0 Å². The summed E-state index contributed by atoms with van der Waals surface area (Å²) in [5.74, 6) is -1.37. The molecule has 0 radical (unpaired) electrons. The maximum absolute atomic E-state index is 12.0. The zero-order valence-corrected chi connectivity index (χ0v) is 15.2. The Hall–Kier alpha value is -3.80. The van der Waals surface area contributed by atoms with Gasteiger partial charge in [0.2, 0.25) is 0 Å². The number of hydrogen-bond donors (Lipinski definition) is 8. The molecular weight excluding hydrogens is 390 g/mol. The molecule has 0 aliphatic heterocycles. The van der Waals surface area contributed by atoms with Crippen molar-refractivity contribution in [2.24, 2.45) is 0 Å². The Morgan fingerprint density at radius 1 is 1.07 bits per heavy atom. The summed E-state index contributed by atoms with van der Waals surface area (Å²) in [4.78, 5) is 31.2. The lowest BCUT2D eigenvalue weighted by atomic mass is 10.3. The molecule has 0 spiro atoms. The van der Waals surface area contributed by atoms with Gasteiger partial charge in [-0.1, -0.05) is 11.6 Å². The van der Waals surface area contributed by atoms with E-state index in [2.05, 4.69) is 31.2 Å². The first-order chi connectivity index (χ1) is 13.3. The molecule has 0 bridgehead atoms. The highest BCUT2D eigenvalue weighted by atomic mass is 35.5. The maximum atomic E-state index is 12.0. The van der Waals surface area contributed by atoms with Gasteiger partial charge in [0.25, 0.3) is 5.91 Å². The molecule has 0 fully saturated rings. The first-order valence-electron chi connectivity index (χ1n) is 7.82. The molecule has 12 nitrogen and oxygen atoms in total.